The number of amides is 2. The number of benzene rings is 1. The second kappa shape index (κ2) is 11.7. The van der Waals surface area contributed by atoms with Gasteiger partial charge in [0.1, 0.15) is 10.8 Å². The molecule has 200 valence electrons. The van der Waals surface area contributed by atoms with Gasteiger partial charge in [0.25, 0.3) is 5.91 Å². The summed E-state index contributed by atoms with van der Waals surface area (Å²) in [6.45, 7) is 7.00. The molecule has 1 atom stereocenters. The monoisotopic (exact) mass is 528 g/mol. The fourth-order valence-corrected chi connectivity index (χ4v) is 5.13. The standard InChI is InChI=1S/C28H37ClN4O4/c1-28(2,3)37-27(36)32-21-5-4-14-33(17-21)24-15-25(29)30-16-23(24)18-6-8-19(9-7-18)26(35)31-20-10-12-22(34)13-11-20/h6-9,15-16,20-22,34H,4-5,10-14,17H2,1-3H3,(H,31,35)(H,32,36)/t20?,21-,22?/m0/s1. The maximum atomic E-state index is 12.8. The zero-order chi connectivity index (χ0) is 26.6. The largest absolute Gasteiger partial charge is 0.444 e. The van der Waals surface area contributed by atoms with Crippen LogP contribution in [0.25, 0.3) is 11.1 Å². The molecule has 37 heavy (non-hydrogen) atoms. The Morgan fingerprint density at radius 1 is 1.05 bits per heavy atom. The highest BCUT2D eigenvalue weighted by atomic mass is 35.5. The molecule has 1 saturated heterocycles. The van der Waals surface area contributed by atoms with Crippen LogP contribution in [0.1, 0.15) is 69.7 Å². The van der Waals surface area contributed by atoms with E-state index in [0.717, 1.165) is 61.9 Å². The molecule has 3 N–H and O–H groups in total. The number of aromatic nitrogens is 1. The highest BCUT2D eigenvalue weighted by molar-refractivity contribution is 6.29. The van der Waals surface area contributed by atoms with E-state index in [2.05, 4.69) is 20.5 Å². The van der Waals surface area contributed by atoms with E-state index in [9.17, 15) is 14.7 Å². The summed E-state index contributed by atoms with van der Waals surface area (Å²) in [7, 11) is 0. The number of hydrogen-bond acceptors (Lipinski definition) is 6. The smallest absolute Gasteiger partial charge is 0.407 e. The molecule has 0 radical (unpaired) electrons. The van der Waals surface area contributed by atoms with Gasteiger partial charge in [-0.05, 0) is 83.1 Å². The molecule has 1 saturated carbocycles. The number of nitrogens with zero attached hydrogens (tertiary/aromatic N) is 2. The van der Waals surface area contributed by atoms with Crippen molar-refractivity contribution in [3.63, 3.8) is 0 Å². The zero-order valence-corrected chi connectivity index (χ0v) is 22.6. The molecule has 2 heterocycles. The Labute approximate surface area is 223 Å². The van der Waals surface area contributed by atoms with Crippen molar-refractivity contribution in [2.45, 2.75) is 83.1 Å². The molecule has 8 nitrogen and oxygen atoms in total. The van der Waals surface area contributed by atoms with Crippen LogP contribution < -0.4 is 15.5 Å². The summed E-state index contributed by atoms with van der Waals surface area (Å²) < 4.78 is 5.43. The minimum absolute atomic E-state index is 0.0460. The number of carbonyl (C=O) groups excluding carboxylic acids is 2. The SMILES string of the molecule is CC(C)(C)OC(=O)N[C@H]1CCCN(c2cc(Cl)ncc2-c2ccc(C(=O)NC3CCC(O)CC3)cc2)C1. The topological polar surface area (TPSA) is 104 Å². The quantitative estimate of drug-likeness (QED) is 0.475. The molecule has 0 unspecified atom stereocenters. The summed E-state index contributed by atoms with van der Waals surface area (Å²) in [4.78, 5) is 31.6. The Hall–Kier alpha value is -2.84. The number of aliphatic hydroxyl groups is 1. The summed E-state index contributed by atoms with van der Waals surface area (Å²) in [5.41, 5.74) is 2.83. The summed E-state index contributed by atoms with van der Waals surface area (Å²) in [6.07, 6.45) is 5.91. The zero-order valence-electron chi connectivity index (χ0n) is 21.8. The molecule has 4 rings (SSSR count). The summed E-state index contributed by atoms with van der Waals surface area (Å²) in [6, 6.07) is 9.40. The van der Waals surface area contributed by atoms with Gasteiger partial charge in [-0.3, -0.25) is 4.79 Å². The van der Waals surface area contributed by atoms with Crippen molar-refractivity contribution in [3.05, 3.63) is 47.2 Å². The first-order valence-electron chi connectivity index (χ1n) is 13.1. The molecule has 1 aliphatic carbocycles. The van der Waals surface area contributed by atoms with Gasteiger partial charge in [0.15, 0.2) is 0 Å². The van der Waals surface area contributed by atoms with E-state index in [-0.39, 0.29) is 24.1 Å². The van der Waals surface area contributed by atoms with E-state index in [4.69, 9.17) is 16.3 Å². The molecule has 0 spiro atoms. The second-order valence-electron chi connectivity index (χ2n) is 11.0. The third kappa shape index (κ3) is 7.58. The Bertz CT molecular complexity index is 1090. The number of carbonyl (C=O) groups is 2. The average molecular weight is 529 g/mol. The van der Waals surface area contributed by atoms with Gasteiger partial charge in [-0.25, -0.2) is 9.78 Å². The van der Waals surface area contributed by atoms with Crippen LogP contribution >= 0.6 is 11.6 Å². The fraction of sp³-hybridized carbons (Fsp3) is 0.536. The lowest BCUT2D eigenvalue weighted by Gasteiger charge is -2.36. The van der Waals surface area contributed by atoms with Gasteiger partial charge in [0.05, 0.1) is 6.10 Å². The van der Waals surface area contributed by atoms with Crippen molar-refractivity contribution >= 4 is 29.3 Å². The number of anilines is 1. The van der Waals surface area contributed by atoms with Gasteiger partial charge >= 0.3 is 6.09 Å². The summed E-state index contributed by atoms with van der Waals surface area (Å²) >= 11 is 6.29. The molecular formula is C28H37ClN4O4. The van der Waals surface area contributed by atoms with Crippen LogP contribution in [0.15, 0.2) is 36.5 Å². The van der Waals surface area contributed by atoms with E-state index in [0.29, 0.717) is 17.3 Å². The van der Waals surface area contributed by atoms with Crippen LogP contribution in [0.2, 0.25) is 5.15 Å². The van der Waals surface area contributed by atoms with Gasteiger partial charge in [0.2, 0.25) is 0 Å². The number of ether oxygens (including phenoxy) is 1. The minimum atomic E-state index is -0.549. The summed E-state index contributed by atoms with van der Waals surface area (Å²) in [5, 5.41) is 16.2. The number of halogens is 1. The number of alkyl carbamates (subject to hydrolysis) is 1. The number of nitrogens with one attached hydrogen (secondary N) is 2. The van der Waals surface area contributed by atoms with Crippen LogP contribution in [-0.2, 0) is 4.74 Å². The maximum absolute atomic E-state index is 12.8. The second-order valence-corrected chi connectivity index (χ2v) is 11.4. The van der Waals surface area contributed by atoms with E-state index >= 15 is 0 Å². The Morgan fingerprint density at radius 3 is 2.43 bits per heavy atom. The van der Waals surface area contributed by atoms with Crippen molar-refractivity contribution in [1.82, 2.24) is 15.6 Å². The Kier molecular flexibility index (Phi) is 8.60. The van der Waals surface area contributed by atoms with Crippen molar-refractivity contribution < 1.29 is 19.4 Å². The molecular weight excluding hydrogens is 492 g/mol. The lowest BCUT2D eigenvalue weighted by Crippen LogP contribution is -2.49. The van der Waals surface area contributed by atoms with E-state index < -0.39 is 11.7 Å². The first kappa shape index (κ1) is 27.2. The van der Waals surface area contributed by atoms with Crippen molar-refractivity contribution in [2.75, 3.05) is 18.0 Å². The van der Waals surface area contributed by atoms with Crippen molar-refractivity contribution in [1.29, 1.82) is 0 Å². The van der Waals surface area contributed by atoms with Crippen LogP contribution in [-0.4, -0.2) is 59.0 Å². The fourth-order valence-electron chi connectivity index (χ4n) is 4.98. The predicted octanol–water partition coefficient (Wildman–Crippen LogP) is 4.93. The number of pyridine rings is 1. The lowest BCUT2D eigenvalue weighted by molar-refractivity contribution is 0.0499. The molecule has 9 heteroatoms. The molecule has 2 fully saturated rings. The first-order valence-corrected chi connectivity index (χ1v) is 13.4. The number of aliphatic hydroxyl groups excluding tert-OH is 1. The summed E-state index contributed by atoms with van der Waals surface area (Å²) in [5.74, 6) is -0.102. The molecule has 2 amide bonds. The molecule has 1 aliphatic heterocycles. The van der Waals surface area contributed by atoms with Gasteiger partial charge in [0, 0.05) is 48.2 Å². The van der Waals surface area contributed by atoms with Crippen LogP contribution in [0.4, 0.5) is 10.5 Å². The highest BCUT2D eigenvalue weighted by Crippen LogP contribution is 2.34. The third-order valence-corrected chi connectivity index (χ3v) is 7.03. The van der Waals surface area contributed by atoms with Crippen LogP contribution in [0.5, 0.6) is 0 Å². The Morgan fingerprint density at radius 2 is 1.76 bits per heavy atom. The van der Waals surface area contributed by atoms with Crippen LogP contribution in [0.3, 0.4) is 0 Å². The number of hydrogen-bond donors (Lipinski definition) is 3. The number of piperidine rings is 1. The van der Waals surface area contributed by atoms with Crippen molar-refractivity contribution in [2.24, 2.45) is 0 Å². The van der Waals surface area contributed by atoms with E-state index in [1.165, 1.54) is 0 Å². The molecule has 2 aromatic rings. The van der Waals surface area contributed by atoms with Gasteiger partial charge in [-0.1, -0.05) is 23.7 Å². The van der Waals surface area contributed by atoms with Gasteiger partial charge in [-0.2, -0.15) is 0 Å². The minimum Gasteiger partial charge on any atom is -0.444 e. The normalized spacial score (nSPS) is 22.3. The van der Waals surface area contributed by atoms with E-state index in [1.807, 2.05) is 51.1 Å². The van der Waals surface area contributed by atoms with Gasteiger partial charge < -0.3 is 25.4 Å². The first-order chi connectivity index (χ1) is 17.6. The highest BCUT2D eigenvalue weighted by Gasteiger charge is 2.26. The molecule has 1 aromatic heterocycles. The molecule has 2 aliphatic rings. The molecule has 0 bridgehead atoms. The third-order valence-electron chi connectivity index (χ3n) is 6.82. The van der Waals surface area contributed by atoms with Crippen molar-refractivity contribution in [3.8, 4) is 11.1 Å². The Balaban J connectivity index is 1.46. The van der Waals surface area contributed by atoms with Crippen LogP contribution in [0, 0.1) is 0 Å². The molecule has 1 aromatic carbocycles. The average Bonchev–Trinajstić information content (AvgIpc) is 2.84. The lowest BCUT2D eigenvalue weighted by atomic mass is 9.93. The number of rotatable bonds is 5. The predicted molar refractivity (Wildman–Crippen MR) is 145 cm³/mol. The maximum Gasteiger partial charge on any atom is 0.407 e. The van der Waals surface area contributed by atoms with E-state index in [1.54, 1.807) is 6.20 Å². The van der Waals surface area contributed by atoms with Gasteiger partial charge in [-0.15, -0.1) is 0 Å².